The Labute approximate surface area is 163 Å². The molecule has 0 aliphatic carbocycles. The molecule has 24 heavy (non-hydrogen) atoms. The maximum atomic E-state index is 8.55. The van der Waals surface area contributed by atoms with Crippen molar-refractivity contribution in [3.05, 3.63) is 83.2 Å². The third kappa shape index (κ3) is 5.34. The van der Waals surface area contributed by atoms with Gasteiger partial charge in [-0.3, -0.25) is 0 Å². The lowest BCUT2D eigenvalue weighted by atomic mass is 9.87. The van der Waals surface area contributed by atoms with E-state index in [0.29, 0.717) is 0 Å². The van der Waals surface area contributed by atoms with Crippen LogP contribution >= 0.6 is 0 Å². The van der Waals surface area contributed by atoms with Gasteiger partial charge in [0.15, 0.2) is 0 Å². The summed E-state index contributed by atoms with van der Waals surface area (Å²) in [5.41, 5.74) is -2.04. The molecule has 0 bridgehead atoms. The lowest BCUT2D eigenvalue weighted by Gasteiger charge is -2.18. The predicted octanol–water partition coefficient (Wildman–Crippen LogP) is 6.41. The van der Waals surface area contributed by atoms with Crippen LogP contribution in [0.1, 0.15) is 60.8 Å². The van der Waals surface area contributed by atoms with Crippen LogP contribution in [0.15, 0.2) is 66.5 Å². The smallest absolute Gasteiger partial charge is 0.0832 e. The van der Waals surface area contributed by atoms with Crippen LogP contribution in [-0.2, 0) is 6.37 Å². The molecule has 124 valence electrons. The molecule has 0 atom stereocenters. The molecule has 2 aromatic carbocycles. The second-order valence-electron chi connectivity index (χ2n) is 6.19. The summed E-state index contributed by atoms with van der Waals surface area (Å²) in [6.07, 6.45) is -2.04. The molecule has 2 rings (SSSR count). The first-order valence-corrected chi connectivity index (χ1v) is 7.40. The minimum absolute atomic E-state index is 0.0544. The Hall–Kier alpha value is -2.41. The van der Waals surface area contributed by atoms with Crippen molar-refractivity contribution in [1.29, 1.82) is 5.41 Å². The van der Waals surface area contributed by atoms with Crippen molar-refractivity contribution in [2.24, 2.45) is 5.41 Å². The van der Waals surface area contributed by atoms with Gasteiger partial charge in [-0.05, 0) is 52.6 Å². The Morgan fingerprint density at radius 1 is 1.12 bits per heavy atom. The van der Waals surface area contributed by atoms with Crippen molar-refractivity contribution < 1.29 is 16.4 Å². The lowest BCUT2D eigenvalue weighted by molar-refractivity contribution is 0.411. The number of hydrogen-bond acceptors (Lipinski definition) is 1. The highest BCUT2D eigenvalue weighted by molar-refractivity contribution is 5.91. The first kappa shape index (κ1) is 7.65. The number of hydrogen-bond donors (Lipinski definition) is 1. The van der Waals surface area contributed by atoms with Gasteiger partial charge in [-0.25, -0.2) is 0 Å². The topological polar surface area (TPSA) is 23.9 Å². The van der Waals surface area contributed by atoms with E-state index in [4.69, 9.17) is 21.9 Å². The average Bonchev–Trinajstić information content (AvgIpc) is 2.76. The number of benzene rings is 2. The molecule has 2 aromatic rings. The van der Waals surface area contributed by atoms with E-state index in [9.17, 15) is 0 Å². The van der Waals surface area contributed by atoms with Gasteiger partial charge in [0.25, 0.3) is 0 Å². The first-order valence-electron chi connectivity index (χ1n) is 13.4. The van der Waals surface area contributed by atoms with Gasteiger partial charge in [-0.15, -0.1) is 0 Å². The zero-order chi connectivity index (χ0) is 28.1. The second kappa shape index (κ2) is 7.92. The molecular formula is C23H27N. The molecule has 0 saturated carbocycles. The van der Waals surface area contributed by atoms with Crippen LogP contribution in [0.5, 0.6) is 0 Å². The summed E-state index contributed by atoms with van der Waals surface area (Å²) >= 11 is 0. The van der Waals surface area contributed by atoms with Crippen LogP contribution in [0, 0.1) is 10.8 Å². The van der Waals surface area contributed by atoms with Gasteiger partial charge in [0.05, 0.1) is 13.7 Å². The first-order chi connectivity index (χ1) is 16.3. The van der Waals surface area contributed by atoms with Gasteiger partial charge in [0.2, 0.25) is 0 Å². The Balaban J connectivity index is 2.98. The van der Waals surface area contributed by atoms with Crippen LogP contribution in [0.25, 0.3) is 11.1 Å². The van der Waals surface area contributed by atoms with E-state index in [1.807, 2.05) is 0 Å². The van der Waals surface area contributed by atoms with Crippen LogP contribution < -0.4 is 0 Å². The summed E-state index contributed by atoms with van der Waals surface area (Å²) in [4.78, 5) is 0. The third-order valence-corrected chi connectivity index (χ3v) is 2.93. The van der Waals surface area contributed by atoms with E-state index >= 15 is 0 Å². The molecule has 0 aliphatic rings. The van der Waals surface area contributed by atoms with Gasteiger partial charge >= 0.3 is 0 Å². The van der Waals surface area contributed by atoms with E-state index < -0.39 is 71.4 Å². The SMILES string of the molecule is [2H]C(=N)/C([2H])=C(\C=C(/C)c1cc([2H])c([2H])c([2H])c1[2H])c1c([2H])c([2H])c(C([2H])([2H])C(C)(C)C)c([2H])c1[2H]. The second-order valence-corrected chi connectivity index (χ2v) is 6.19. The standard InChI is InChI=1S/C23H27N/c1-18(20-8-6-5-7-9-20)16-22(14-15-24)21-12-10-19(11-13-21)17-23(2,3)4/h5-16,24H,17H2,1-4H3/b18-16+,22-14+,24-15?/i5D,6D,7D,8D,10D,11D,12D,13D,14D,15D,17D2. The summed E-state index contributed by atoms with van der Waals surface area (Å²) in [6, 6.07) is -3.79. The maximum Gasteiger partial charge on any atom is 0.0832 e. The van der Waals surface area contributed by atoms with E-state index in [1.54, 1.807) is 20.8 Å². The average molecular weight is 330 g/mol. The highest BCUT2D eigenvalue weighted by Gasteiger charge is 2.11. The van der Waals surface area contributed by atoms with Crippen molar-refractivity contribution in [3.63, 3.8) is 0 Å². The van der Waals surface area contributed by atoms with Crippen molar-refractivity contribution in [3.8, 4) is 0 Å². The summed E-state index contributed by atoms with van der Waals surface area (Å²) in [5.74, 6) is 0. The summed E-state index contributed by atoms with van der Waals surface area (Å²) < 4.78 is 98.6. The van der Waals surface area contributed by atoms with E-state index in [0.717, 1.165) is 0 Å². The van der Waals surface area contributed by atoms with Crippen LogP contribution in [-0.4, -0.2) is 6.19 Å². The minimum Gasteiger partial charge on any atom is -0.309 e. The number of nitrogens with one attached hydrogen (secondary N) is 1. The molecule has 1 N–H and O–H groups in total. The van der Waals surface area contributed by atoms with Crippen molar-refractivity contribution >= 4 is 17.3 Å². The zero-order valence-electron chi connectivity index (χ0n) is 26.2. The van der Waals surface area contributed by atoms with E-state index in [2.05, 4.69) is 0 Å². The van der Waals surface area contributed by atoms with Gasteiger partial charge in [0, 0.05) is 8.93 Å². The molecule has 0 aliphatic heterocycles. The molecule has 0 spiro atoms. The fourth-order valence-corrected chi connectivity index (χ4v) is 1.91. The quantitative estimate of drug-likeness (QED) is 0.484. The Bertz CT molecular complexity index is 1290. The molecule has 0 radical (unpaired) electrons. The fourth-order valence-electron chi connectivity index (χ4n) is 1.91. The molecule has 0 heterocycles. The number of rotatable bonds is 5. The third-order valence-electron chi connectivity index (χ3n) is 2.93. The normalized spacial score (nSPS) is 21.1. The molecule has 0 amide bonds. The van der Waals surface area contributed by atoms with Crippen LogP contribution in [0.3, 0.4) is 0 Å². The van der Waals surface area contributed by atoms with Gasteiger partial charge in [-0.1, -0.05) is 81.3 Å². The maximum absolute atomic E-state index is 8.55. The van der Waals surface area contributed by atoms with Crippen molar-refractivity contribution in [2.75, 3.05) is 0 Å². The molecule has 1 heteroatoms. The largest absolute Gasteiger partial charge is 0.309 e. The van der Waals surface area contributed by atoms with Gasteiger partial charge in [0.1, 0.15) is 0 Å². The Morgan fingerprint density at radius 3 is 2.46 bits per heavy atom. The van der Waals surface area contributed by atoms with Gasteiger partial charge < -0.3 is 5.41 Å². The zero-order valence-corrected chi connectivity index (χ0v) is 14.2. The predicted molar refractivity (Wildman–Crippen MR) is 106 cm³/mol. The van der Waals surface area contributed by atoms with E-state index in [1.165, 1.54) is 19.1 Å². The van der Waals surface area contributed by atoms with E-state index in [-0.39, 0.29) is 28.8 Å². The minimum atomic E-state index is -2.25. The van der Waals surface area contributed by atoms with Crippen molar-refractivity contribution in [2.45, 2.75) is 34.1 Å². The monoisotopic (exact) mass is 329 g/mol. The van der Waals surface area contributed by atoms with Gasteiger partial charge in [-0.2, -0.15) is 0 Å². The molecule has 0 fully saturated rings. The fraction of sp³-hybridized carbons (Fsp3) is 0.261. The molecular weight excluding hydrogens is 290 g/mol. The summed E-state index contributed by atoms with van der Waals surface area (Å²) in [6.45, 7) is 6.15. The summed E-state index contributed by atoms with van der Waals surface area (Å²) in [7, 11) is 0. The molecule has 0 saturated heterocycles. The highest BCUT2D eigenvalue weighted by Crippen LogP contribution is 2.25. The molecule has 0 aromatic heterocycles. The Morgan fingerprint density at radius 2 is 1.83 bits per heavy atom. The molecule has 1 nitrogen and oxygen atoms in total. The van der Waals surface area contributed by atoms with Crippen LogP contribution in [0.4, 0.5) is 0 Å². The number of allylic oxidation sites excluding steroid dienone is 4. The molecule has 0 unspecified atom stereocenters. The highest BCUT2D eigenvalue weighted by atomic mass is 14.3. The Kier molecular flexibility index (Phi) is 2.52. The van der Waals surface area contributed by atoms with Crippen LogP contribution in [0.2, 0.25) is 0 Å². The lowest BCUT2D eigenvalue weighted by Crippen LogP contribution is -2.08. The van der Waals surface area contributed by atoms with Crippen molar-refractivity contribution in [1.82, 2.24) is 0 Å². The summed E-state index contributed by atoms with van der Waals surface area (Å²) in [5, 5.41) is 7.63.